The number of aromatic amines is 1. The molecule has 0 saturated carbocycles. The number of nitrogens with one attached hydrogen (secondary N) is 2. The molecule has 0 bridgehead atoms. The van der Waals surface area contributed by atoms with Crippen LogP contribution in [0.15, 0.2) is 64.9 Å². The summed E-state index contributed by atoms with van der Waals surface area (Å²) < 4.78 is 12.2. The maximum Gasteiger partial charge on any atom is 0.248 e. The van der Waals surface area contributed by atoms with Crippen LogP contribution in [0.25, 0.3) is 10.9 Å². The summed E-state index contributed by atoms with van der Waals surface area (Å²) >= 11 is 1.70. The zero-order valence-electron chi connectivity index (χ0n) is 28.7. The minimum Gasteiger partial charge on any atom is -0.506 e. The van der Waals surface area contributed by atoms with Gasteiger partial charge in [0.15, 0.2) is 5.13 Å². The van der Waals surface area contributed by atoms with Crippen LogP contribution in [-0.4, -0.2) is 114 Å². The maximum atomic E-state index is 12.6. The van der Waals surface area contributed by atoms with Crippen LogP contribution in [0.4, 0.5) is 5.13 Å². The van der Waals surface area contributed by atoms with E-state index < -0.39 is 6.10 Å². The summed E-state index contributed by atoms with van der Waals surface area (Å²) in [5.41, 5.74) is 3.03. The van der Waals surface area contributed by atoms with Crippen molar-refractivity contribution in [1.82, 2.24) is 25.1 Å². The summed E-state index contributed by atoms with van der Waals surface area (Å²) in [4.78, 5) is 38.0. The highest BCUT2D eigenvalue weighted by molar-refractivity contribution is 7.13. The molecule has 2 fully saturated rings. The number of rotatable bonds is 15. The number of likely N-dealkylation sites (tertiary alicyclic amines) is 1. The van der Waals surface area contributed by atoms with E-state index in [1.54, 1.807) is 35.4 Å². The van der Waals surface area contributed by atoms with Gasteiger partial charge in [0.2, 0.25) is 11.5 Å². The number of aliphatic hydroxyl groups is 1. The second-order valence-corrected chi connectivity index (χ2v) is 14.2. The monoisotopic (exact) mass is 704 g/mol. The van der Waals surface area contributed by atoms with Crippen molar-refractivity contribution in [2.24, 2.45) is 0 Å². The summed E-state index contributed by atoms with van der Waals surface area (Å²) in [6, 6.07) is 14.8. The van der Waals surface area contributed by atoms with Gasteiger partial charge in [0, 0.05) is 82.4 Å². The molecule has 13 heteroatoms. The molecule has 4 heterocycles. The summed E-state index contributed by atoms with van der Waals surface area (Å²) in [6.07, 6.45) is 4.17. The Kier molecular flexibility index (Phi) is 12.2. The molecule has 2 aromatic heterocycles. The van der Waals surface area contributed by atoms with Crippen LogP contribution in [-0.2, 0) is 27.2 Å². The number of thiazole rings is 1. The van der Waals surface area contributed by atoms with Crippen molar-refractivity contribution in [3.63, 3.8) is 0 Å². The Morgan fingerprint density at radius 2 is 2.00 bits per heavy atom. The number of nitrogens with zero attached hydrogens (tertiary/aromatic N) is 4. The average molecular weight is 705 g/mol. The van der Waals surface area contributed by atoms with Gasteiger partial charge in [-0.3, -0.25) is 14.5 Å². The van der Waals surface area contributed by atoms with Gasteiger partial charge in [-0.1, -0.05) is 30.3 Å². The van der Waals surface area contributed by atoms with Crippen molar-refractivity contribution in [1.29, 1.82) is 0 Å². The van der Waals surface area contributed by atoms with Crippen molar-refractivity contribution in [3.05, 3.63) is 87.2 Å². The van der Waals surface area contributed by atoms with Gasteiger partial charge in [-0.25, -0.2) is 4.98 Å². The fraction of sp³-hybridized carbons (Fsp3) is 0.486. The number of morpholine rings is 1. The number of likely N-dealkylation sites (N-methyl/N-ethyl adjacent to an activating group) is 1. The van der Waals surface area contributed by atoms with Gasteiger partial charge >= 0.3 is 0 Å². The molecule has 268 valence electrons. The van der Waals surface area contributed by atoms with E-state index in [1.165, 1.54) is 23.3 Å². The second kappa shape index (κ2) is 16.9. The molecule has 1 atom stereocenters. The van der Waals surface area contributed by atoms with Gasteiger partial charge in [-0.15, -0.1) is 11.3 Å². The van der Waals surface area contributed by atoms with Gasteiger partial charge in [0.05, 0.1) is 43.5 Å². The van der Waals surface area contributed by atoms with Crippen LogP contribution < -0.4 is 15.8 Å². The van der Waals surface area contributed by atoms with Crippen LogP contribution >= 0.6 is 11.3 Å². The third-order valence-corrected chi connectivity index (χ3v) is 10.6. The molecule has 0 unspecified atom stereocenters. The van der Waals surface area contributed by atoms with E-state index in [9.17, 15) is 19.8 Å². The number of aromatic hydroxyl groups is 1. The second-order valence-electron chi connectivity index (χ2n) is 13.3. The highest BCUT2D eigenvalue weighted by Gasteiger charge is 2.40. The first-order valence-electron chi connectivity index (χ1n) is 17.4. The average Bonchev–Trinajstić information content (AvgIpc) is 3.67. The van der Waals surface area contributed by atoms with E-state index in [-0.39, 0.29) is 29.4 Å². The summed E-state index contributed by atoms with van der Waals surface area (Å²) in [7, 11) is 1.76. The number of pyridine rings is 1. The Bertz CT molecular complexity index is 1760. The first kappa shape index (κ1) is 36.0. The first-order chi connectivity index (χ1) is 24.3. The number of phenols is 1. The number of aromatic nitrogens is 2. The molecule has 1 spiro atoms. The SMILES string of the molecule is CN(CCNC[C@H](O)c1ccc(O)c2[nH]c(=O)ccc12)C(=O)CCOCCc1cccc(CN2CCC3(CC2)CN(c2nccs2)CCO3)c1. The molecule has 4 aromatic rings. The number of ether oxygens (including phenoxy) is 2. The van der Waals surface area contributed by atoms with Crippen LogP contribution in [0.1, 0.15) is 42.1 Å². The number of hydrogen-bond donors (Lipinski definition) is 4. The first-order valence-corrected chi connectivity index (χ1v) is 18.3. The highest BCUT2D eigenvalue weighted by atomic mass is 32.1. The van der Waals surface area contributed by atoms with E-state index >= 15 is 0 Å². The predicted molar refractivity (Wildman–Crippen MR) is 195 cm³/mol. The maximum absolute atomic E-state index is 12.6. The Balaban J connectivity index is 0.847. The highest BCUT2D eigenvalue weighted by Crippen LogP contribution is 2.33. The summed E-state index contributed by atoms with van der Waals surface area (Å²) in [5.74, 6) is -0.0477. The van der Waals surface area contributed by atoms with Crippen LogP contribution in [0, 0.1) is 0 Å². The van der Waals surface area contributed by atoms with Crippen LogP contribution in [0.3, 0.4) is 0 Å². The number of carbonyl (C=O) groups excluding carboxylic acids is 1. The fourth-order valence-electron chi connectivity index (χ4n) is 6.86. The Hall–Kier alpha value is -3.85. The molecule has 4 N–H and O–H groups in total. The summed E-state index contributed by atoms with van der Waals surface area (Å²) in [6.45, 7) is 7.69. The lowest BCUT2D eigenvalue weighted by Crippen LogP contribution is -2.56. The lowest BCUT2D eigenvalue weighted by atomic mass is 9.89. The summed E-state index contributed by atoms with van der Waals surface area (Å²) in [5, 5.41) is 27.7. The minimum absolute atomic E-state index is 0.000614. The zero-order chi connectivity index (χ0) is 34.9. The van der Waals surface area contributed by atoms with E-state index in [1.807, 2.05) is 11.6 Å². The molecular formula is C37H48N6O6S. The van der Waals surface area contributed by atoms with Crippen molar-refractivity contribution in [3.8, 4) is 5.75 Å². The number of benzene rings is 2. The molecule has 50 heavy (non-hydrogen) atoms. The predicted octanol–water partition coefficient (Wildman–Crippen LogP) is 3.29. The molecule has 12 nitrogen and oxygen atoms in total. The molecular weight excluding hydrogens is 657 g/mol. The normalized spacial score (nSPS) is 17.0. The van der Waals surface area contributed by atoms with Gasteiger partial charge in [-0.2, -0.15) is 0 Å². The molecule has 2 aliphatic heterocycles. The van der Waals surface area contributed by atoms with E-state index in [4.69, 9.17) is 9.47 Å². The van der Waals surface area contributed by atoms with Crippen molar-refractivity contribution in [2.45, 2.75) is 43.9 Å². The van der Waals surface area contributed by atoms with Crippen LogP contribution in [0.5, 0.6) is 5.75 Å². The minimum atomic E-state index is -0.852. The van der Waals surface area contributed by atoms with Crippen molar-refractivity contribution in [2.75, 3.05) is 77.6 Å². The van der Waals surface area contributed by atoms with Gasteiger partial charge < -0.3 is 39.8 Å². The number of H-pyrrole nitrogens is 1. The number of anilines is 1. The number of hydrogen-bond acceptors (Lipinski definition) is 11. The van der Waals surface area contributed by atoms with Gasteiger partial charge in [0.25, 0.3) is 0 Å². The third kappa shape index (κ3) is 9.27. The molecule has 0 aliphatic carbocycles. The number of phenolic OH excluding ortho intramolecular Hbond substituents is 1. The standard InChI is InChI=1S/C37H48N6O6S/c1-41(17-13-38-24-32(45)29-5-7-31(44)35-30(29)6-8-33(46)40-35)34(47)10-20-48-19-9-27-3-2-4-28(23-27)25-42-15-11-37(12-16-42)26-43(18-21-49-37)36-39-14-22-50-36/h2-8,14,22-23,32,38,44-45H,9-13,15-21,24-26H2,1H3,(H,40,46)/t32-/m0/s1. The Morgan fingerprint density at radius 3 is 2.82 bits per heavy atom. The molecule has 1 amide bonds. The van der Waals surface area contributed by atoms with E-state index in [2.05, 4.69) is 49.4 Å². The number of fused-ring (bicyclic) bond motifs is 1. The largest absolute Gasteiger partial charge is 0.506 e. The molecule has 6 rings (SSSR count). The third-order valence-electron chi connectivity index (χ3n) is 9.75. The lowest BCUT2D eigenvalue weighted by Gasteiger charge is -2.47. The zero-order valence-corrected chi connectivity index (χ0v) is 29.5. The van der Waals surface area contributed by atoms with Crippen molar-refractivity contribution >= 4 is 33.3 Å². The van der Waals surface area contributed by atoms with Crippen molar-refractivity contribution < 1.29 is 24.5 Å². The topological polar surface area (TPSA) is 143 Å². The van der Waals surface area contributed by atoms with E-state index in [0.29, 0.717) is 49.2 Å². The number of carbonyl (C=O) groups is 1. The molecule has 0 radical (unpaired) electrons. The lowest BCUT2D eigenvalue weighted by molar-refractivity contribution is -0.131. The Morgan fingerprint density at radius 1 is 1.16 bits per heavy atom. The number of aliphatic hydroxyl groups excluding tert-OH is 1. The fourth-order valence-corrected chi connectivity index (χ4v) is 7.53. The smallest absolute Gasteiger partial charge is 0.248 e. The van der Waals surface area contributed by atoms with E-state index in [0.717, 1.165) is 63.7 Å². The Labute approximate surface area is 296 Å². The van der Waals surface area contributed by atoms with Crippen LogP contribution in [0.2, 0.25) is 0 Å². The molecule has 2 saturated heterocycles. The van der Waals surface area contributed by atoms with Gasteiger partial charge in [-0.05, 0) is 48.1 Å². The molecule has 2 aromatic carbocycles. The number of amides is 1. The molecule has 2 aliphatic rings. The number of piperidine rings is 1. The van der Waals surface area contributed by atoms with Gasteiger partial charge in [0.1, 0.15) is 5.75 Å². The quantitative estimate of drug-likeness (QED) is 0.136.